The maximum atomic E-state index is 12.2. The van der Waals surface area contributed by atoms with Crippen LogP contribution in [0, 0.1) is 0 Å². The number of carbonyl (C=O) groups excluding carboxylic acids is 1. The zero-order valence-electron chi connectivity index (χ0n) is 11.7. The first kappa shape index (κ1) is 15.3. The zero-order chi connectivity index (χ0) is 13.2. The molecule has 0 spiro atoms. The summed E-state index contributed by atoms with van der Waals surface area (Å²) in [5.74, 6) is 0. The topological polar surface area (TPSA) is 52.6 Å². The lowest BCUT2D eigenvalue weighted by atomic mass is 9.96. The van der Waals surface area contributed by atoms with E-state index in [4.69, 9.17) is 5.11 Å². The Labute approximate surface area is 111 Å². The molecule has 0 aromatic rings. The lowest BCUT2D eigenvalue weighted by Crippen LogP contribution is -2.46. The summed E-state index contributed by atoms with van der Waals surface area (Å²) in [5, 5.41) is 12.0. The van der Waals surface area contributed by atoms with Crippen molar-refractivity contribution in [2.24, 2.45) is 0 Å². The molecule has 1 aliphatic rings. The first-order valence-corrected chi connectivity index (χ1v) is 7.44. The number of urea groups is 1. The number of unbranched alkanes of at least 4 members (excludes halogenated alkanes) is 1. The van der Waals surface area contributed by atoms with E-state index in [0.717, 1.165) is 32.2 Å². The Hall–Kier alpha value is -0.770. The molecule has 0 aromatic heterocycles. The summed E-state index contributed by atoms with van der Waals surface area (Å²) in [5.41, 5.74) is 0. The number of amides is 2. The van der Waals surface area contributed by atoms with Crippen molar-refractivity contribution in [3.63, 3.8) is 0 Å². The van der Waals surface area contributed by atoms with Gasteiger partial charge in [-0.2, -0.15) is 0 Å². The van der Waals surface area contributed by atoms with Crippen molar-refractivity contribution in [3.05, 3.63) is 0 Å². The van der Waals surface area contributed by atoms with Crippen molar-refractivity contribution >= 4 is 6.03 Å². The van der Waals surface area contributed by atoms with Gasteiger partial charge >= 0.3 is 6.03 Å². The number of carbonyl (C=O) groups is 1. The van der Waals surface area contributed by atoms with E-state index >= 15 is 0 Å². The van der Waals surface area contributed by atoms with Gasteiger partial charge in [0.05, 0.1) is 0 Å². The molecule has 0 aliphatic heterocycles. The number of nitrogens with zero attached hydrogens (tertiary/aromatic N) is 1. The van der Waals surface area contributed by atoms with E-state index in [1.807, 2.05) is 4.90 Å². The first-order chi connectivity index (χ1) is 8.77. The number of nitrogens with one attached hydrogen (secondary N) is 1. The Bertz CT molecular complexity index is 220. The van der Waals surface area contributed by atoms with Crippen molar-refractivity contribution in [1.29, 1.82) is 0 Å². The fourth-order valence-corrected chi connectivity index (χ4v) is 2.44. The second kappa shape index (κ2) is 9.20. The van der Waals surface area contributed by atoms with Crippen LogP contribution in [0.1, 0.15) is 58.3 Å². The molecular formula is C14H28N2O2. The minimum atomic E-state index is 0.0591. The Balaban J connectivity index is 2.35. The molecule has 0 heterocycles. The standard InChI is InChI=1S/C14H28N2O2/c1-2-3-10-16(11-7-12-17)14(18)15-13-8-5-4-6-9-13/h13,17H,2-12H2,1H3,(H,15,18). The SMILES string of the molecule is CCCCN(CCCO)C(=O)NC1CCCCC1. The molecule has 4 heteroatoms. The molecule has 2 amide bonds. The second-order valence-electron chi connectivity index (χ2n) is 5.20. The molecule has 0 atom stereocenters. The lowest BCUT2D eigenvalue weighted by Gasteiger charge is -2.28. The molecule has 0 saturated heterocycles. The van der Waals surface area contributed by atoms with Crippen LogP contribution >= 0.6 is 0 Å². The van der Waals surface area contributed by atoms with Crippen molar-refractivity contribution < 1.29 is 9.90 Å². The number of hydrogen-bond donors (Lipinski definition) is 2. The highest BCUT2D eigenvalue weighted by Gasteiger charge is 2.19. The van der Waals surface area contributed by atoms with Crippen LogP contribution < -0.4 is 5.32 Å². The molecule has 0 unspecified atom stereocenters. The van der Waals surface area contributed by atoms with Crippen molar-refractivity contribution in [3.8, 4) is 0 Å². The van der Waals surface area contributed by atoms with E-state index in [9.17, 15) is 4.79 Å². The van der Waals surface area contributed by atoms with E-state index in [2.05, 4.69) is 12.2 Å². The lowest BCUT2D eigenvalue weighted by molar-refractivity contribution is 0.181. The molecule has 1 aliphatic carbocycles. The third-order valence-corrected chi connectivity index (χ3v) is 3.59. The zero-order valence-corrected chi connectivity index (χ0v) is 11.7. The average molecular weight is 256 g/mol. The van der Waals surface area contributed by atoms with Gasteiger partial charge in [-0.3, -0.25) is 0 Å². The summed E-state index contributed by atoms with van der Waals surface area (Å²) in [6.45, 7) is 3.74. The van der Waals surface area contributed by atoms with Crippen LogP contribution in [-0.2, 0) is 0 Å². The summed E-state index contributed by atoms with van der Waals surface area (Å²) in [6, 6.07) is 0.424. The Morgan fingerprint density at radius 1 is 1.22 bits per heavy atom. The molecule has 1 fully saturated rings. The molecule has 1 saturated carbocycles. The number of rotatable bonds is 7. The molecule has 0 radical (unpaired) electrons. The first-order valence-electron chi connectivity index (χ1n) is 7.44. The van der Waals surface area contributed by atoms with Gasteiger partial charge < -0.3 is 15.3 Å². The molecule has 2 N–H and O–H groups in total. The molecular weight excluding hydrogens is 228 g/mol. The highest BCUT2D eigenvalue weighted by molar-refractivity contribution is 5.74. The fourth-order valence-electron chi connectivity index (χ4n) is 2.44. The largest absolute Gasteiger partial charge is 0.396 e. The van der Waals surface area contributed by atoms with E-state index in [1.54, 1.807) is 0 Å². The smallest absolute Gasteiger partial charge is 0.317 e. The summed E-state index contributed by atoms with van der Waals surface area (Å²) in [4.78, 5) is 14.0. The van der Waals surface area contributed by atoms with Gasteiger partial charge in [-0.1, -0.05) is 32.6 Å². The summed E-state index contributed by atoms with van der Waals surface area (Å²) >= 11 is 0. The maximum Gasteiger partial charge on any atom is 0.317 e. The van der Waals surface area contributed by atoms with Crippen LogP contribution in [0.2, 0.25) is 0 Å². The third-order valence-electron chi connectivity index (χ3n) is 3.59. The van der Waals surface area contributed by atoms with Gasteiger partial charge in [0.2, 0.25) is 0 Å². The van der Waals surface area contributed by atoms with Crippen molar-refractivity contribution in [2.75, 3.05) is 19.7 Å². The predicted octanol–water partition coefficient (Wildman–Crippen LogP) is 2.51. The van der Waals surface area contributed by atoms with Gasteiger partial charge in [-0.05, 0) is 25.7 Å². The van der Waals surface area contributed by atoms with Gasteiger partial charge in [0.1, 0.15) is 0 Å². The average Bonchev–Trinajstić information content (AvgIpc) is 2.40. The quantitative estimate of drug-likeness (QED) is 0.735. The highest BCUT2D eigenvalue weighted by Crippen LogP contribution is 2.17. The normalized spacial score (nSPS) is 16.6. The fraction of sp³-hybridized carbons (Fsp3) is 0.929. The number of hydrogen-bond acceptors (Lipinski definition) is 2. The van der Waals surface area contributed by atoms with E-state index < -0.39 is 0 Å². The number of aliphatic hydroxyl groups is 1. The Kier molecular flexibility index (Phi) is 7.81. The molecule has 1 rings (SSSR count). The molecule has 0 bridgehead atoms. The highest BCUT2D eigenvalue weighted by atomic mass is 16.3. The molecule has 106 valence electrons. The van der Waals surface area contributed by atoms with E-state index in [1.165, 1.54) is 19.3 Å². The summed E-state index contributed by atoms with van der Waals surface area (Å²) in [7, 11) is 0. The minimum absolute atomic E-state index is 0.0591. The molecule has 18 heavy (non-hydrogen) atoms. The Morgan fingerprint density at radius 2 is 1.89 bits per heavy atom. The van der Waals surface area contributed by atoms with E-state index in [0.29, 0.717) is 19.0 Å². The summed E-state index contributed by atoms with van der Waals surface area (Å²) in [6.07, 6.45) is 8.79. The van der Waals surface area contributed by atoms with Crippen molar-refractivity contribution in [1.82, 2.24) is 10.2 Å². The van der Waals surface area contributed by atoms with Crippen LogP contribution in [0.4, 0.5) is 4.79 Å². The predicted molar refractivity (Wildman–Crippen MR) is 73.6 cm³/mol. The third kappa shape index (κ3) is 5.71. The minimum Gasteiger partial charge on any atom is -0.396 e. The second-order valence-corrected chi connectivity index (χ2v) is 5.20. The number of aliphatic hydroxyl groups excluding tert-OH is 1. The molecule has 0 aromatic carbocycles. The van der Waals surface area contributed by atoms with E-state index in [-0.39, 0.29) is 12.6 Å². The van der Waals surface area contributed by atoms with Crippen molar-refractivity contribution in [2.45, 2.75) is 64.3 Å². The van der Waals surface area contributed by atoms with Crippen LogP contribution in [0.25, 0.3) is 0 Å². The monoisotopic (exact) mass is 256 g/mol. The van der Waals surface area contributed by atoms with Crippen LogP contribution in [-0.4, -0.2) is 41.8 Å². The summed E-state index contributed by atoms with van der Waals surface area (Å²) < 4.78 is 0. The Morgan fingerprint density at radius 3 is 2.50 bits per heavy atom. The van der Waals surface area contributed by atoms with Gasteiger partial charge in [0, 0.05) is 25.7 Å². The maximum absolute atomic E-state index is 12.2. The van der Waals surface area contributed by atoms with Crippen LogP contribution in [0.5, 0.6) is 0 Å². The molecule has 4 nitrogen and oxygen atoms in total. The van der Waals surface area contributed by atoms with Crippen LogP contribution in [0.3, 0.4) is 0 Å². The van der Waals surface area contributed by atoms with Gasteiger partial charge in [-0.15, -0.1) is 0 Å². The van der Waals surface area contributed by atoms with Gasteiger partial charge in [0.15, 0.2) is 0 Å². The van der Waals surface area contributed by atoms with Gasteiger partial charge in [0.25, 0.3) is 0 Å². The van der Waals surface area contributed by atoms with Crippen LogP contribution in [0.15, 0.2) is 0 Å². The van der Waals surface area contributed by atoms with Gasteiger partial charge in [-0.25, -0.2) is 4.79 Å².